The lowest BCUT2D eigenvalue weighted by atomic mass is 10.1. The van der Waals surface area contributed by atoms with Crippen molar-refractivity contribution in [3.63, 3.8) is 0 Å². The molecule has 1 aromatic rings. The van der Waals surface area contributed by atoms with Gasteiger partial charge in [0.05, 0.1) is 4.92 Å². The summed E-state index contributed by atoms with van der Waals surface area (Å²) in [6, 6.07) is 4.34. The first kappa shape index (κ1) is 17.5. The SMILES string of the molecule is CS(=O)(=O)c1cccc(NCCC2=CCCCCC2)c1[N+](=O)[O-]. The number of nitrogens with one attached hydrogen (secondary N) is 1. The minimum absolute atomic E-state index is 0.249. The zero-order chi connectivity index (χ0) is 16.9. The normalized spacial score (nSPS) is 15.6. The Balaban J connectivity index is 2.13. The van der Waals surface area contributed by atoms with Gasteiger partial charge in [0.2, 0.25) is 0 Å². The summed E-state index contributed by atoms with van der Waals surface area (Å²) in [4.78, 5) is 10.4. The molecule has 7 heteroatoms. The highest BCUT2D eigenvalue weighted by Crippen LogP contribution is 2.32. The van der Waals surface area contributed by atoms with E-state index in [1.807, 2.05) is 0 Å². The van der Waals surface area contributed by atoms with Crippen molar-refractivity contribution in [1.82, 2.24) is 0 Å². The largest absolute Gasteiger partial charge is 0.379 e. The van der Waals surface area contributed by atoms with Crippen LogP contribution in [0, 0.1) is 10.1 Å². The Bertz CT molecular complexity index is 711. The standard InChI is InChI=1S/C16H22N2O4S/c1-23(21,22)15-10-6-9-14(16(15)18(19)20)17-12-11-13-7-4-2-3-5-8-13/h6-7,9-10,17H,2-5,8,11-12H2,1H3. The average molecular weight is 338 g/mol. The van der Waals surface area contributed by atoms with Gasteiger partial charge in [-0.05, 0) is 44.2 Å². The van der Waals surface area contributed by atoms with Gasteiger partial charge in [0, 0.05) is 12.8 Å². The monoisotopic (exact) mass is 338 g/mol. The zero-order valence-electron chi connectivity index (χ0n) is 13.2. The topological polar surface area (TPSA) is 89.3 Å². The minimum Gasteiger partial charge on any atom is -0.379 e. The smallest absolute Gasteiger partial charge is 0.310 e. The number of nitro groups is 1. The highest BCUT2D eigenvalue weighted by Gasteiger charge is 2.25. The van der Waals surface area contributed by atoms with Crippen LogP contribution in [-0.2, 0) is 9.84 Å². The number of para-hydroxylation sites is 1. The number of sulfone groups is 1. The van der Waals surface area contributed by atoms with Crippen molar-refractivity contribution in [1.29, 1.82) is 0 Å². The van der Waals surface area contributed by atoms with Crippen molar-refractivity contribution in [2.75, 3.05) is 18.1 Å². The van der Waals surface area contributed by atoms with Crippen molar-refractivity contribution in [2.45, 2.75) is 43.4 Å². The van der Waals surface area contributed by atoms with Crippen molar-refractivity contribution in [2.24, 2.45) is 0 Å². The van der Waals surface area contributed by atoms with Gasteiger partial charge in [-0.15, -0.1) is 0 Å². The van der Waals surface area contributed by atoms with Crippen LogP contribution < -0.4 is 5.32 Å². The molecular weight excluding hydrogens is 316 g/mol. The molecule has 1 aliphatic rings. The molecule has 0 amide bonds. The summed E-state index contributed by atoms with van der Waals surface area (Å²) in [6.07, 6.45) is 9.89. The van der Waals surface area contributed by atoms with Gasteiger partial charge in [0.15, 0.2) is 9.84 Å². The Morgan fingerprint density at radius 3 is 2.74 bits per heavy atom. The summed E-state index contributed by atoms with van der Waals surface area (Å²) < 4.78 is 23.5. The van der Waals surface area contributed by atoms with Crippen molar-refractivity contribution in [3.8, 4) is 0 Å². The quantitative estimate of drug-likeness (QED) is 0.485. The van der Waals surface area contributed by atoms with Crippen LogP contribution in [0.1, 0.15) is 38.5 Å². The first-order chi connectivity index (χ1) is 10.9. The van der Waals surface area contributed by atoms with E-state index in [-0.39, 0.29) is 16.3 Å². The minimum atomic E-state index is -3.64. The van der Waals surface area contributed by atoms with Gasteiger partial charge in [-0.25, -0.2) is 8.42 Å². The maximum atomic E-state index is 11.7. The molecule has 0 unspecified atom stereocenters. The van der Waals surface area contributed by atoms with Gasteiger partial charge < -0.3 is 5.32 Å². The van der Waals surface area contributed by atoms with Gasteiger partial charge in [0.25, 0.3) is 0 Å². The second kappa shape index (κ2) is 7.59. The summed E-state index contributed by atoms with van der Waals surface area (Å²) in [7, 11) is -3.64. The summed E-state index contributed by atoms with van der Waals surface area (Å²) in [5, 5.41) is 14.3. The Morgan fingerprint density at radius 1 is 1.26 bits per heavy atom. The first-order valence-corrected chi connectivity index (χ1v) is 9.68. The number of hydrogen-bond donors (Lipinski definition) is 1. The van der Waals surface area contributed by atoms with Crippen LogP contribution in [-0.4, -0.2) is 26.1 Å². The van der Waals surface area contributed by atoms with Gasteiger partial charge in [-0.2, -0.15) is 0 Å². The Labute approximate surface area is 136 Å². The maximum absolute atomic E-state index is 11.7. The number of hydrogen-bond acceptors (Lipinski definition) is 5. The number of nitro benzene ring substituents is 1. The molecule has 0 spiro atoms. The van der Waals surface area contributed by atoms with E-state index >= 15 is 0 Å². The predicted octanol–water partition coefficient (Wildman–Crippen LogP) is 3.69. The van der Waals surface area contributed by atoms with Gasteiger partial charge in [0.1, 0.15) is 10.6 Å². The second-order valence-electron chi connectivity index (χ2n) is 5.82. The number of anilines is 1. The summed E-state index contributed by atoms with van der Waals surface area (Å²) in [6.45, 7) is 0.555. The molecular formula is C16H22N2O4S. The van der Waals surface area contributed by atoms with Crippen molar-refractivity contribution in [3.05, 3.63) is 40.0 Å². The summed E-state index contributed by atoms with van der Waals surface area (Å²) >= 11 is 0. The Kier molecular flexibility index (Phi) is 5.76. The number of allylic oxidation sites excluding steroid dienone is 1. The molecule has 1 N–H and O–H groups in total. The lowest BCUT2D eigenvalue weighted by Gasteiger charge is -2.10. The molecule has 0 heterocycles. The van der Waals surface area contributed by atoms with E-state index in [2.05, 4.69) is 11.4 Å². The van der Waals surface area contributed by atoms with Crippen LogP contribution in [0.2, 0.25) is 0 Å². The van der Waals surface area contributed by atoms with Crippen LogP contribution in [0.5, 0.6) is 0 Å². The van der Waals surface area contributed by atoms with Crippen LogP contribution in [0.25, 0.3) is 0 Å². The number of rotatable bonds is 6. The van der Waals surface area contributed by atoms with E-state index < -0.39 is 14.8 Å². The maximum Gasteiger partial charge on any atom is 0.310 e. The third-order valence-electron chi connectivity index (χ3n) is 3.98. The van der Waals surface area contributed by atoms with E-state index in [9.17, 15) is 18.5 Å². The highest BCUT2D eigenvalue weighted by molar-refractivity contribution is 7.90. The van der Waals surface area contributed by atoms with Crippen LogP contribution >= 0.6 is 0 Å². The molecule has 2 rings (SSSR count). The highest BCUT2D eigenvalue weighted by atomic mass is 32.2. The second-order valence-corrected chi connectivity index (χ2v) is 7.80. The van der Waals surface area contributed by atoms with Crippen molar-refractivity contribution < 1.29 is 13.3 Å². The van der Waals surface area contributed by atoms with E-state index in [1.165, 1.54) is 37.0 Å². The third kappa shape index (κ3) is 4.79. The third-order valence-corrected chi connectivity index (χ3v) is 5.11. The predicted molar refractivity (Wildman–Crippen MR) is 90.5 cm³/mol. The average Bonchev–Trinajstić information content (AvgIpc) is 2.74. The summed E-state index contributed by atoms with van der Waals surface area (Å²) in [5.41, 5.74) is 1.26. The molecule has 0 saturated heterocycles. The summed E-state index contributed by atoms with van der Waals surface area (Å²) in [5.74, 6) is 0. The molecule has 0 bridgehead atoms. The molecule has 0 saturated carbocycles. The molecule has 23 heavy (non-hydrogen) atoms. The van der Waals surface area contributed by atoms with Gasteiger partial charge in [-0.3, -0.25) is 10.1 Å². The lowest BCUT2D eigenvalue weighted by Crippen LogP contribution is -2.09. The van der Waals surface area contributed by atoms with E-state index in [4.69, 9.17) is 0 Å². The molecule has 1 aromatic carbocycles. The van der Waals surface area contributed by atoms with E-state index in [0.717, 1.165) is 25.5 Å². The number of benzene rings is 1. The molecule has 6 nitrogen and oxygen atoms in total. The lowest BCUT2D eigenvalue weighted by molar-refractivity contribution is -0.386. The molecule has 0 radical (unpaired) electrons. The van der Waals surface area contributed by atoms with E-state index in [1.54, 1.807) is 6.07 Å². The Hall–Kier alpha value is -1.89. The molecule has 0 aromatic heterocycles. The van der Waals surface area contributed by atoms with Crippen molar-refractivity contribution >= 4 is 21.2 Å². The first-order valence-electron chi connectivity index (χ1n) is 7.79. The molecule has 1 aliphatic carbocycles. The van der Waals surface area contributed by atoms with Gasteiger partial charge >= 0.3 is 5.69 Å². The molecule has 0 atom stereocenters. The Morgan fingerprint density at radius 2 is 2.04 bits per heavy atom. The fraction of sp³-hybridized carbons (Fsp3) is 0.500. The fourth-order valence-electron chi connectivity index (χ4n) is 2.82. The number of nitrogens with zero attached hydrogens (tertiary/aromatic N) is 1. The van der Waals surface area contributed by atoms with E-state index in [0.29, 0.717) is 6.54 Å². The zero-order valence-corrected chi connectivity index (χ0v) is 14.1. The molecule has 126 valence electrons. The van der Waals surface area contributed by atoms with Crippen LogP contribution in [0.15, 0.2) is 34.7 Å². The van der Waals surface area contributed by atoms with Gasteiger partial charge in [-0.1, -0.05) is 24.1 Å². The molecule has 0 aliphatic heterocycles. The fourth-order valence-corrected chi connectivity index (χ4v) is 3.68. The molecule has 0 fully saturated rings. The van der Waals surface area contributed by atoms with Crippen LogP contribution in [0.3, 0.4) is 0 Å². The van der Waals surface area contributed by atoms with Crippen LogP contribution in [0.4, 0.5) is 11.4 Å².